The Morgan fingerprint density at radius 1 is 1.42 bits per heavy atom. The molecule has 0 heterocycles. The summed E-state index contributed by atoms with van der Waals surface area (Å²) in [7, 11) is 0. The van der Waals surface area contributed by atoms with E-state index in [1.807, 2.05) is 0 Å². The molecule has 0 unspecified atom stereocenters. The lowest BCUT2D eigenvalue weighted by Gasteiger charge is -2.13. The van der Waals surface area contributed by atoms with Gasteiger partial charge in [0.05, 0.1) is 16.1 Å². The number of hydrogen-bond acceptors (Lipinski definition) is 3. The quantitative estimate of drug-likeness (QED) is 0.877. The molecule has 1 aromatic rings. The number of nitrogens with one attached hydrogen (secondary N) is 1. The Morgan fingerprint density at radius 2 is 1.95 bits per heavy atom. The third-order valence-corrected chi connectivity index (χ3v) is 2.81. The predicted octanol–water partition coefficient (Wildman–Crippen LogP) is 3.27. The van der Waals surface area contributed by atoms with Crippen molar-refractivity contribution >= 4 is 34.8 Å². The summed E-state index contributed by atoms with van der Waals surface area (Å²) in [6.45, 7) is -1.28. The smallest absolute Gasteiger partial charge is 0.387 e. The molecule has 0 bridgehead atoms. The van der Waals surface area contributed by atoms with Gasteiger partial charge in [-0.3, -0.25) is 4.79 Å². The van der Waals surface area contributed by atoms with Crippen LogP contribution in [0.15, 0.2) is 12.1 Å². The fourth-order valence-electron chi connectivity index (χ4n) is 1.25. The number of benzene rings is 1. The highest BCUT2D eigenvalue weighted by atomic mass is 35.5. The monoisotopic (exact) mass is 312 g/mol. The first-order chi connectivity index (χ1) is 8.85. The summed E-state index contributed by atoms with van der Waals surface area (Å²) < 4.78 is 28.4. The van der Waals surface area contributed by atoms with Crippen LogP contribution < -0.4 is 15.8 Å². The second kappa shape index (κ2) is 6.88. The van der Waals surface area contributed by atoms with Gasteiger partial charge in [-0.1, -0.05) is 30.1 Å². The fraction of sp³-hybridized carbons (Fsp3) is 0.364. The lowest BCUT2D eigenvalue weighted by atomic mass is 10.2. The number of alkyl halides is 2. The Morgan fingerprint density at radius 3 is 2.37 bits per heavy atom. The number of hydrogen-bond donors (Lipinski definition) is 2. The van der Waals surface area contributed by atoms with Gasteiger partial charge in [0.1, 0.15) is 0 Å². The molecule has 1 atom stereocenters. The predicted molar refractivity (Wildman–Crippen MR) is 70.0 cm³/mol. The van der Waals surface area contributed by atoms with Crippen molar-refractivity contribution in [3.05, 3.63) is 22.2 Å². The van der Waals surface area contributed by atoms with E-state index in [0.717, 1.165) is 0 Å². The highest BCUT2D eigenvalue weighted by Gasteiger charge is 2.16. The van der Waals surface area contributed by atoms with Gasteiger partial charge in [0, 0.05) is 5.69 Å². The van der Waals surface area contributed by atoms with Gasteiger partial charge in [-0.25, -0.2) is 0 Å². The van der Waals surface area contributed by atoms with E-state index >= 15 is 0 Å². The Labute approximate surface area is 118 Å². The minimum absolute atomic E-state index is 0.131. The van der Waals surface area contributed by atoms with Crippen molar-refractivity contribution in [2.24, 2.45) is 5.73 Å². The Balaban J connectivity index is 2.92. The summed E-state index contributed by atoms with van der Waals surface area (Å²) in [5, 5.41) is 2.22. The van der Waals surface area contributed by atoms with Gasteiger partial charge in [0.25, 0.3) is 0 Å². The summed E-state index contributed by atoms with van der Waals surface area (Å²) >= 11 is 11.5. The molecule has 3 N–H and O–H groups in total. The molecular formula is C11H12Cl2F2N2O2. The van der Waals surface area contributed by atoms with Crippen LogP contribution in [0.25, 0.3) is 0 Å². The van der Waals surface area contributed by atoms with Crippen LogP contribution in [-0.4, -0.2) is 18.6 Å². The molecule has 1 aromatic carbocycles. The average molecular weight is 313 g/mol. The van der Waals surface area contributed by atoms with E-state index in [1.165, 1.54) is 12.1 Å². The largest absolute Gasteiger partial charge is 0.432 e. The Hall–Kier alpha value is -1.11. The van der Waals surface area contributed by atoms with Gasteiger partial charge in [-0.05, 0) is 18.6 Å². The molecule has 106 valence electrons. The third-order valence-electron chi connectivity index (χ3n) is 2.25. The van der Waals surface area contributed by atoms with Gasteiger partial charge in [-0.15, -0.1) is 0 Å². The molecule has 0 radical (unpaired) electrons. The lowest BCUT2D eigenvalue weighted by molar-refractivity contribution is -0.117. The van der Waals surface area contributed by atoms with Gasteiger partial charge >= 0.3 is 6.61 Å². The maximum atomic E-state index is 12.1. The second-order valence-electron chi connectivity index (χ2n) is 3.65. The van der Waals surface area contributed by atoms with Crippen molar-refractivity contribution in [2.75, 3.05) is 5.32 Å². The summed E-state index contributed by atoms with van der Waals surface area (Å²) in [4.78, 5) is 11.6. The SMILES string of the molecule is CC[C@@H](N)C(=O)Nc1cc(Cl)c(OC(F)F)c(Cl)c1. The Kier molecular flexibility index (Phi) is 5.78. The Bertz CT molecular complexity index is 449. The molecule has 0 spiro atoms. The van der Waals surface area contributed by atoms with Crippen LogP contribution in [0.3, 0.4) is 0 Å². The van der Waals surface area contributed by atoms with Crippen LogP contribution in [0.5, 0.6) is 5.75 Å². The number of anilines is 1. The van der Waals surface area contributed by atoms with Crippen molar-refractivity contribution in [1.29, 1.82) is 0 Å². The molecule has 0 aliphatic heterocycles. The molecule has 0 aromatic heterocycles. The van der Waals surface area contributed by atoms with Crippen molar-refractivity contribution in [1.82, 2.24) is 0 Å². The molecule has 1 amide bonds. The molecule has 0 saturated heterocycles. The zero-order valence-electron chi connectivity index (χ0n) is 9.92. The highest BCUT2D eigenvalue weighted by molar-refractivity contribution is 6.37. The zero-order chi connectivity index (χ0) is 14.6. The summed E-state index contributed by atoms with van der Waals surface area (Å²) in [6, 6.07) is 1.84. The average Bonchev–Trinajstić information content (AvgIpc) is 2.32. The molecule has 8 heteroatoms. The van der Waals surface area contributed by atoms with E-state index in [-0.39, 0.29) is 21.5 Å². The van der Waals surface area contributed by atoms with E-state index in [4.69, 9.17) is 28.9 Å². The number of carbonyl (C=O) groups excluding carboxylic acids is 1. The minimum atomic E-state index is -3.04. The number of halogens is 4. The standard InChI is InChI=1S/C11H12Cl2F2N2O2/c1-2-8(16)10(18)17-5-3-6(12)9(7(13)4-5)19-11(14)15/h3-4,8,11H,2,16H2,1H3,(H,17,18)/t8-/m1/s1. The van der Waals surface area contributed by atoms with E-state index in [1.54, 1.807) is 6.92 Å². The highest BCUT2D eigenvalue weighted by Crippen LogP contribution is 2.36. The summed E-state index contributed by atoms with van der Waals surface area (Å²) in [5.41, 5.74) is 5.79. The van der Waals surface area contributed by atoms with Crippen LogP contribution in [0, 0.1) is 0 Å². The van der Waals surface area contributed by atoms with Gasteiger partial charge < -0.3 is 15.8 Å². The van der Waals surface area contributed by atoms with Crippen LogP contribution >= 0.6 is 23.2 Å². The number of nitrogens with two attached hydrogens (primary N) is 1. The molecule has 19 heavy (non-hydrogen) atoms. The van der Waals surface area contributed by atoms with Gasteiger partial charge in [0.2, 0.25) is 5.91 Å². The second-order valence-corrected chi connectivity index (χ2v) is 4.47. The molecule has 0 fully saturated rings. The number of carbonyl (C=O) groups is 1. The molecule has 0 aliphatic carbocycles. The van der Waals surface area contributed by atoms with Crippen LogP contribution in [-0.2, 0) is 4.79 Å². The van der Waals surface area contributed by atoms with Crippen LogP contribution in [0.2, 0.25) is 10.0 Å². The zero-order valence-corrected chi connectivity index (χ0v) is 11.4. The van der Waals surface area contributed by atoms with E-state index in [9.17, 15) is 13.6 Å². The first-order valence-corrected chi connectivity index (χ1v) is 6.11. The van der Waals surface area contributed by atoms with Crippen molar-refractivity contribution in [2.45, 2.75) is 26.0 Å². The number of amides is 1. The fourth-order valence-corrected chi connectivity index (χ4v) is 1.83. The normalized spacial score (nSPS) is 12.4. The molecule has 1 rings (SSSR count). The van der Waals surface area contributed by atoms with Crippen molar-refractivity contribution < 1.29 is 18.3 Å². The van der Waals surface area contributed by atoms with Gasteiger partial charge in [0.15, 0.2) is 5.75 Å². The van der Waals surface area contributed by atoms with E-state index in [0.29, 0.717) is 6.42 Å². The maximum absolute atomic E-state index is 12.1. The lowest BCUT2D eigenvalue weighted by Crippen LogP contribution is -2.34. The first-order valence-electron chi connectivity index (χ1n) is 5.35. The molecule has 4 nitrogen and oxygen atoms in total. The molecule has 0 saturated carbocycles. The third kappa shape index (κ3) is 4.49. The summed E-state index contributed by atoms with van der Waals surface area (Å²) in [5.74, 6) is -0.756. The van der Waals surface area contributed by atoms with Gasteiger partial charge in [-0.2, -0.15) is 8.78 Å². The maximum Gasteiger partial charge on any atom is 0.387 e. The molecule has 0 aliphatic rings. The van der Waals surface area contributed by atoms with E-state index in [2.05, 4.69) is 10.1 Å². The van der Waals surface area contributed by atoms with Crippen molar-refractivity contribution in [3.63, 3.8) is 0 Å². The van der Waals surface area contributed by atoms with E-state index < -0.39 is 18.6 Å². The summed E-state index contributed by atoms with van der Waals surface area (Å²) in [6.07, 6.45) is 0.458. The molecular weight excluding hydrogens is 301 g/mol. The first kappa shape index (κ1) is 15.9. The van der Waals surface area contributed by atoms with Crippen LogP contribution in [0.4, 0.5) is 14.5 Å². The number of rotatable bonds is 5. The van der Waals surface area contributed by atoms with Crippen LogP contribution in [0.1, 0.15) is 13.3 Å². The minimum Gasteiger partial charge on any atom is -0.432 e. The van der Waals surface area contributed by atoms with Crippen molar-refractivity contribution in [3.8, 4) is 5.75 Å². The number of ether oxygens (including phenoxy) is 1. The topological polar surface area (TPSA) is 64.4 Å².